The van der Waals surface area contributed by atoms with Crippen molar-refractivity contribution in [1.82, 2.24) is 0 Å². The van der Waals surface area contributed by atoms with E-state index in [-0.39, 0.29) is 56.7 Å². The van der Waals surface area contributed by atoms with Crippen LogP contribution in [0.5, 0.6) is 17.2 Å². The highest BCUT2D eigenvalue weighted by atomic mass is 35.5. The fourth-order valence-electron chi connectivity index (χ4n) is 1.47. The molecule has 0 saturated heterocycles. The summed E-state index contributed by atoms with van der Waals surface area (Å²) in [6.45, 7) is 0. The number of hydrogen-bond acceptors (Lipinski definition) is 2. The lowest BCUT2D eigenvalue weighted by Crippen LogP contribution is -1.93. The minimum Gasteiger partial charge on any atom is -0.505 e. The van der Waals surface area contributed by atoms with Crippen molar-refractivity contribution < 1.29 is 9.84 Å². The van der Waals surface area contributed by atoms with Gasteiger partial charge in [0.25, 0.3) is 0 Å². The Morgan fingerprint density at radius 1 is 0.435 bits per heavy atom. The highest BCUT2D eigenvalue weighted by Crippen LogP contribution is 2.54. The van der Waals surface area contributed by atoms with Crippen LogP contribution in [0.25, 0.3) is 0 Å². The third kappa shape index (κ3) is 3.48. The molecule has 1 N–H and O–H groups in total. The maximum Gasteiger partial charge on any atom is 0.170 e. The van der Waals surface area contributed by atoms with Crippen molar-refractivity contribution in [2.45, 2.75) is 0 Å². The van der Waals surface area contributed by atoms with Gasteiger partial charge in [0.2, 0.25) is 0 Å². The van der Waals surface area contributed by atoms with Crippen LogP contribution in [-0.4, -0.2) is 5.11 Å². The first kappa shape index (κ1) is 20.0. The number of phenolic OH excluding ortho intramolecular Hbond substituents is 1. The number of hydrogen-bond donors (Lipinski definition) is 1. The summed E-state index contributed by atoms with van der Waals surface area (Å²) in [6, 6.07) is 0. The Kier molecular flexibility index (Phi) is 6.50. The zero-order valence-electron chi connectivity index (χ0n) is 10.3. The molecule has 23 heavy (non-hydrogen) atoms. The molecule has 2 nitrogen and oxygen atoms in total. The monoisotopic (exact) mass is 492 g/mol. The average Bonchev–Trinajstić information content (AvgIpc) is 2.54. The summed E-state index contributed by atoms with van der Waals surface area (Å²) in [6.07, 6.45) is 0. The molecule has 11 heteroatoms. The SMILES string of the molecule is Oc1c(Cl)c(Cl)c(Cl)c(Oc2c(Cl)c(Cl)c(Cl)c(Cl)c2Cl)c1Cl. The van der Waals surface area contributed by atoms with Crippen LogP contribution >= 0.6 is 104 Å². The first-order valence-corrected chi connectivity index (χ1v) is 8.73. The summed E-state index contributed by atoms with van der Waals surface area (Å²) in [7, 11) is 0. The van der Waals surface area contributed by atoms with Crippen molar-refractivity contribution >= 4 is 104 Å². The molecule has 0 aliphatic rings. The average molecular weight is 496 g/mol. The van der Waals surface area contributed by atoms with E-state index in [4.69, 9.17) is 109 Å². The molecule has 0 fully saturated rings. The van der Waals surface area contributed by atoms with Gasteiger partial charge >= 0.3 is 0 Å². The molecule has 0 aliphatic carbocycles. The smallest absolute Gasteiger partial charge is 0.170 e. The maximum absolute atomic E-state index is 9.84. The number of ether oxygens (including phenoxy) is 1. The van der Waals surface area contributed by atoms with E-state index in [2.05, 4.69) is 0 Å². The van der Waals surface area contributed by atoms with Crippen LogP contribution in [0.3, 0.4) is 0 Å². The molecular weight excluding hydrogens is 495 g/mol. The summed E-state index contributed by atoms with van der Waals surface area (Å²) in [5.74, 6) is -0.941. The molecule has 0 bridgehead atoms. The van der Waals surface area contributed by atoms with Crippen molar-refractivity contribution in [2.24, 2.45) is 0 Å². The van der Waals surface area contributed by atoms with Gasteiger partial charge in [-0.25, -0.2) is 0 Å². The van der Waals surface area contributed by atoms with Crippen LogP contribution in [-0.2, 0) is 0 Å². The second-order valence-electron chi connectivity index (χ2n) is 3.93. The van der Waals surface area contributed by atoms with Gasteiger partial charge < -0.3 is 9.84 Å². The molecule has 2 aromatic rings. The molecule has 2 aromatic carbocycles. The number of benzene rings is 2. The van der Waals surface area contributed by atoms with Gasteiger partial charge in [0, 0.05) is 0 Å². The largest absolute Gasteiger partial charge is 0.505 e. The fourth-order valence-corrected chi connectivity index (χ4v) is 3.63. The van der Waals surface area contributed by atoms with E-state index in [0.29, 0.717) is 0 Å². The van der Waals surface area contributed by atoms with Gasteiger partial charge in [-0.3, -0.25) is 0 Å². The summed E-state index contributed by atoms with van der Waals surface area (Å²) >= 11 is 53.5. The zero-order chi connectivity index (χ0) is 17.6. The highest BCUT2D eigenvalue weighted by Gasteiger charge is 2.26. The van der Waals surface area contributed by atoms with Crippen molar-refractivity contribution in [3.63, 3.8) is 0 Å². The Bertz CT molecular complexity index is 694. The molecule has 2 rings (SSSR count). The van der Waals surface area contributed by atoms with Crippen LogP contribution in [0.2, 0.25) is 45.2 Å². The highest BCUT2D eigenvalue weighted by molar-refractivity contribution is 6.56. The van der Waals surface area contributed by atoms with Gasteiger partial charge in [-0.05, 0) is 0 Å². The lowest BCUT2D eigenvalue weighted by atomic mass is 10.3. The minimum absolute atomic E-state index is 0.0511. The van der Waals surface area contributed by atoms with Crippen LogP contribution in [0.15, 0.2) is 0 Å². The first-order chi connectivity index (χ1) is 10.6. The third-order valence-electron chi connectivity index (χ3n) is 2.57. The molecule has 0 spiro atoms. The Labute approximate surface area is 175 Å². The van der Waals surface area contributed by atoms with E-state index in [9.17, 15) is 5.11 Å². The van der Waals surface area contributed by atoms with Crippen molar-refractivity contribution in [3.8, 4) is 17.2 Å². The van der Waals surface area contributed by atoms with Gasteiger partial charge in [-0.15, -0.1) is 0 Å². The Hall–Kier alpha value is 0.650. The molecular formula is C12HCl9O2. The molecule has 0 radical (unpaired) electrons. The molecule has 0 saturated carbocycles. The minimum atomic E-state index is -0.531. The number of phenols is 1. The van der Waals surface area contributed by atoms with Crippen LogP contribution < -0.4 is 4.74 Å². The van der Waals surface area contributed by atoms with E-state index in [0.717, 1.165) is 0 Å². The number of halogens is 9. The second kappa shape index (κ2) is 7.49. The second-order valence-corrected chi connectivity index (χ2v) is 7.34. The van der Waals surface area contributed by atoms with Crippen LogP contribution in [0, 0.1) is 0 Å². The van der Waals surface area contributed by atoms with Gasteiger partial charge in [0.15, 0.2) is 17.2 Å². The topological polar surface area (TPSA) is 29.5 Å². The lowest BCUT2D eigenvalue weighted by Gasteiger charge is -2.17. The third-order valence-corrected chi connectivity index (χ3v) is 6.47. The summed E-state index contributed by atoms with van der Waals surface area (Å²) < 4.78 is 5.48. The van der Waals surface area contributed by atoms with E-state index in [1.54, 1.807) is 0 Å². The Morgan fingerprint density at radius 3 is 1.17 bits per heavy atom. The van der Waals surface area contributed by atoms with Gasteiger partial charge in [-0.1, -0.05) is 104 Å². The standard InChI is InChI=1S/C12HCl9O2/c13-1-2(14)6(18)11(7(19)3(1)15)23-12-8(20)4(16)5(17)10(22)9(12)21/h22H. The number of aromatic hydroxyl groups is 1. The lowest BCUT2D eigenvalue weighted by molar-refractivity contribution is 0.456. The summed E-state index contributed by atoms with van der Waals surface area (Å²) in [5, 5.41) is 8.44. The van der Waals surface area contributed by atoms with Crippen molar-refractivity contribution in [3.05, 3.63) is 45.2 Å². The van der Waals surface area contributed by atoms with E-state index < -0.39 is 5.75 Å². The summed E-state index contributed by atoms with van der Waals surface area (Å²) in [5.41, 5.74) is 0. The molecule has 0 unspecified atom stereocenters. The molecule has 0 aromatic heterocycles. The van der Waals surface area contributed by atoms with Crippen LogP contribution in [0.4, 0.5) is 0 Å². The van der Waals surface area contributed by atoms with Crippen molar-refractivity contribution in [1.29, 1.82) is 0 Å². The molecule has 124 valence electrons. The molecule has 0 atom stereocenters. The zero-order valence-corrected chi connectivity index (χ0v) is 17.1. The Balaban J connectivity index is 2.71. The quantitative estimate of drug-likeness (QED) is 0.332. The summed E-state index contributed by atoms with van der Waals surface area (Å²) in [4.78, 5) is 0. The fraction of sp³-hybridized carbons (Fsp3) is 0. The van der Waals surface area contributed by atoms with E-state index in [1.165, 1.54) is 0 Å². The van der Waals surface area contributed by atoms with E-state index in [1.807, 2.05) is 0 Å². The predicted octanol–water partition coefficient (Wildman–Crippen LogP) is 9.07. The van der Waals surface area contributed by atoms with Gasteiger partial charge in [-0.2, -0.15) is 0 Å². The van der Waals surface area contributed by atoms with Crippen LogP contribution in [0.1, 0.15) is 0 Å². The maximum atomic E-state index is 9.84. The van der Waals surface area contributed by atoms with Gasteiger partial charge in [0.1, 0.15) is 25.1 Å². The normalized spacial score (nSPS) is 11.0. The van der Waals surface area contributed by atoms with Gasteiger partial charge in [0.05, 0.1) is 20.1 Å². The van der Waals surface area contributed by atoms with E-state index >= 15 is 0 Å². The molecule has 0 heterocycles. The number of rotatable bonds is 2. The van der Waals surface area contributed by atoms with Crippen molar-refractivity contribution in [2.75, 3.05) is 0 Å². The first-order valence-electron chi connectivity index (χ1n) is 5.33. The predicted molar refractivity (Wildman–Crippen MR) is 99.7 cm³/mol. The molecule has 0 amide bonds. The Morgan fingerprint density at radius 2 is 0.739 bits per heavy atom. The molecule has 0 aliphatic heterocycles.